The highest BCUT2D eigenvalue weighted by atomic mass is 16.2. The summed E-state index contributed by atoms with van der Waals surface area (Å²) in [5.74, 6) is 1.22. The van der Waals surface area contributed by atoms with Gasteiger partial charge >= 0.3 is 0 Å². The number of rotatable bonds is 5. The smallest absolute Gasteiger partial charge is 0.251 e. The van der Waals surface area contributed by atoms with Gasteiger partial charge in [0.05, 0.1) is 0 Å². The molecule has 2 atom stereocenters. The van der Waals surface area contributed by atoms with Crippen LogP contribution in [0.2, 0.25) is 0 Å². The Hall–Kier alpha value is -2.86. The minimum atomic E-state index is -0.469. The van der Waals surface area contributed by atoms with Crippen LogP contribution in [0.1, 0.15) is 66.9 Å². The Morgan fingerprint density at radius 3 is 2.35 bits per heavy atom. The van der Waals surface area contributed by atoms with Crippen molar-refractivity contribution in [2.45, 2.75) is 57.5 Å². The van der Waals surface area contributed by atoms with Crippen LogP contribution in [-0.4, -0.2) is 37.6 Å². The standard InChI is InChI=1S/C28H36N4O2/c1-18-16-23-17-22(20-12-14-30-15-13-20)6-11-26(23)32(19(2)33)28(18,24-7-8-24)31-25-9-4-21(5-10-25)27(34)29-3/h4-6,9-11,17-18,20,24,30-31H,7-8,12-16H2,1-3H3,(H,29,34)/t18-,28+/m1/s1. The van der Waals surface area contributed by atoms with E-state index in [-0.39, 0.29) is 17.7 Å². The molecule has 3 N–H and O–H groups in total. The van der Waals surface area contributed by atoms with Crippen molar-refractivity contribution in [1.82, 2.24) is 10.6 Å². The summed E-state index contributed by atoms with van der Waals surface area (Å²) in [7, 11) is 1.64. The van der Waals surface area contributed by atoms with Gasteiger partial charge < -0.3 is 16.0 Å². The van der Waals surface area contributed by atoms with Crippen molar-refractivity contribution in [3.05, 3.63) is 59.2 Å². The molecule has 34 heavy (non-hydrogen) atoms. The van der Waals surface area contributed by atoms with Gasteiger partial charge in [0.25, 0.3) is 5.91 Å². The average molecular weight is 461 g/mol. The summed E-state index contributed by atoms with van der Waals surface area (Å²) >= 11 is 0. The molecule has 0 aromatic heterocycles. The van der Waals surface area contributed by atoms with Gasteiger partial charge in [0.2, 0.25) is 5.91 Å². The second-order valence-corrected chi connectivity index (χ2v) is 10.3. The van der Waals surface area contributed by atoms with E-state index in [1.807, 2.05) is 29.2 Å². The van der Waals surface area contributed by atoms with Crippen molar-refractivity contribution >= 4 is 23.2 Å². The highest BCUT2D eigenvalue weighted by Crippen LogP contribution is 2.53. The fourth-order valence-corrected chi connectivity index (χ4v) is 6.20. The number of hydrogen-bond donors (Lipinski definition) is 3. The first-order valence-corrected chi connectivity index (χ1v) is 12.7. The van der Waals surface area contributed by atoms with Gasteiger partial charge in [0.1, 0.15) is 5.66 Å². The van der Waals surface area contributed by atoms with Crippen LogP contribution in [-0.2, 0) is 11.2 Å². The number of anilines is 2. The number of hydrogen-bond acceptors (Lipinski definition) is 4. The molecule has 0 unspecified atom stereocenters. The number of amides is 2. The van der Waals surface area contributed by atoms with Crippen molar-refractivity contribution in [3.63, 3.8) is 0 Å². The van der Waals surface area contributed by atoms with E-state index in [4.69, 9.17) is 0 Å². The Kier molecular flexibility index (Phi) is 6.11. The van der Waals surface area contributed by atoms with Gasteiger partial charge in [-0.15, -0.1) is 0 Å². The molecule has 2 heterocycles. The molecule has 2 fully saturated rings. The maximum Gasteiger partial charge on any atom is 0.251 e. The van der Waals surface area contributed by atoms with Gasteiger partial charge in [-0.25, -0.2) is 0 Å². The van der Waals surface area contributed by atoms with Gasteiger partial charge in [-0.3, -0.25) is 14.5 Å². The fraction of sp³-hybridized carbons (Fsp3) is 0.500. The van der Waals surface area contributed by atoms with E-state index in [2.05, 4.69) is 41.1 Å². The van der Waals surface area contributed by atoms with Crippen LogP contribution >= 0.6 is 0 Å². The minimum Gasteiger partial charge on any atom is -0.362 e. The maximum absolute atomic E-state index is 13.2. The fourth-order valence-electron chi connectivity index (χ4n) is 6.20. The summed E-state index contributed by atoms with van der Waals surface area (Å²) in [5.41, 5.74) is 4.84. The summed E-state index contributed by atoms with van der Waals surface area (Å²) < 4.78 is 0. The lowest BCUT2D eigenvalue weighted by Crippen LogP contribution is -2.65. The first-order valence-electron chi connectivity index (χ1n) is 12.7. The maximum atomic E-state index is 13.2. The molecule has 1 aliphatic carbocycles. The molecule has 6 heteroatoms. The topological polar surface area (TPSA) is 73.5 Å². The molecule has 2 aromatic rings. The molecule has 2 aromatic carbocycles. The number of carbonyl (C=O) groups is 2. The molecular weight excluding hydrogens is 424 g/mol. The van der Waals surface area contributed by atoms with E-state index in [1.54, 1.807) is 14.0 Å². The van der Waals surface area contributed by atoms with Crippen LogP contribution in [0.15, 0.2) is 42.5 Å². The third-order valence-electron chi connectivity index (χ3n) is 8.04. The first kappa shape index (κ1) is 22.9. The van der Waals surface area contributed by atoms with Crippen molar-refractivity contribution in [1.29, 1.82) is 0 Å². The highest BCUT2D eigenvalue weighted by Gasteiger charge is 2.56. The van der Waals surface area contributed by atoms with Crippen molar-refractivity contribution < 1.29 is 9.59 Å². The van der Waals surface area contributed by atoms with Crippen molar-refractivity contribution in [3.8, 4) is 0 Å². The molecule has 0 spiro atoms. The Bertz CT molecular complexity index is 1070. The first-order chi connectivity index (χ1) is 16.4. The molecule has 3 aliphatic rings. The zero-order chi connectivity index (χ0) is 23.9. The summed E-state index contributed by atoms with van der Waals surface area (Å²) in [5, 5.41) is 9.93. The summed E-state index contributed by atoms with van der Waals surface area (Å²) in [6, 6.07) is 14.4. The summed E-state index contributed by atoms with van der Waals surface area (Å²) in [6.45, 7) is 6.12. The zero-order valence-electron chi connectivity index (χ0n) is 20.5. The van der Waals surface area contributed by atoms with E-state index in [9.17, 15) is 9.59 Å². The number of nitrogens with zero attached hydrogens (tertiary/aromatic N) is 1. The van der Waals surface area contributed by atoms with Crippen molar-refractivity contribution in [2.75, 3.05) is 30.4 Å². The molecule has 2 amide bonds. The highest BCUT2D eigenvalue weighted by molar-refractivity contribution is 5.96. The van der Waals surface area contributed by atoms with Crippen LogP contribution in [0.5, 0.6) is 0 Å². The molecule has 1 saturated carbocycles. The van der Waals surface area contributed by atoms with Crippen LogP contribution < -0.4 is 20.9 Å². The number of fused-ring (bicyclic) bond motifs is 1. The number of carbonyl (C=O) groups excluding carboxylic acids is 2. The molecule has 6 nitrogen and oxygen atoms in total. The van der Waals surface area contributed by atoms with E-state index in [0.717, 1.165) is 43.7 Å². The van der Waals surface area contributed by atoms with Gasteiger partial charge in [-0.05, 0) is 92.6 Å². The Balaban J connectivity index is 1.51. The zero-order valence-corrected chi connectivity index (χ0v) is 20.5. The van der Waals surface area contributed by atoms with Gasteiger partial charge in [0, 0.05) is 42.7 Å². The molecular formula is C28H36N4O2. The van der Waals surface area contributed by atoms with E-state index in [0.29, 0.717) is 17.4 Å². The lowest BCUT2D eigenvalue weighted by Gasteiger charge is -2.53. The molecule has 180 valence electrons. The Morgan fingerprint density at radius 2 is 1.74 bits per heavy atom. The third-order valence-corrected chi connectivity index (χ3v) is 8.04. The predicted molar refractivity (Wildman–Crippen MR) is 136 cm³/mol. The minimum absolute atomic E-state index is 0.0730. The lowest BCUT2D eigenvalue weighted by molar-refractivity contribution is -0.118. The SMILES string of the molecule is CNC(=O)c1ccc(N[C@@]2(C3CC3)[C@H](C)Cc3cc(C4CCNCC4)ccc3N2C(C)=O)cc1. The van der Waals surface area contributed by atoms with Crippen molar-refractivity contribution in [2.24, 2.45) is 11.8 Å². The lowest BCUT2D eigenvalue weighted by atomic mass is 9.76. The van der Waals surface area contributed by atoms with Crippen LogP contribution in [0.3, 0.4) is 0 Å². The average Bonchev–Trinajstić information content (AvgIpc) is 3.70. The number of benzene rings is 2. The monoisotopic (exact) mass is 460 g/mol. The quantitative estimate of drug-likeness (QED) is 0.623. The summed E-state index contributed by atoms with van der Waals surface area (Å²) in [4.78, 5) is 27.3. The van der Waals surface area contributed by atoms with Gasteiger partial charge in [-0.2, -0.15) is 0 Å². The van der Waals surface area contributed by atoms with E-state index < -0.39 is 5.66 Å². The molecule has 2 aliphatic heterocycles. The van der Waals surface area contributed by atoms with Crippen LogP contribution in [0, 0.1) is 11.8 Å². The predicted octanol–water partition coefficient (Wildman–Crippen LogP) is 4.28. The van der Waals surface area contributed by atoms with Crippen LogP contribution in [0.4, 0.5) is 11.4 Å². The molecule has 5 rings (SSSR count). The summed E-state index contributed by atoms with van der Waals surface area (Å²) in [6.07, 6.45) is 5.51. The third kappa shape index (κ3) is 3.98. The normalized spacial score (nSPS) is 24.9. The van der Waals surface area contributed by atoms with Gasteiger partial charge in [-0.1, -0.05) is 19.1 Å². The number of piperidine rings is 1. The largest absolute Gasteiger partial charge is 0.362 e. The second-order valence-electron chi connectivity index (χ2n) is 10.3. The van der Waals surface area contributed by atoms with E-state index in [1.165, 1.54) is 24.0 Å². The Labute approximate surface area is 202 Å². The van der Waals surface area contributed by atoms with Gasteiger partial charge in [0.15, 0.2) is 0 Å². The molecule has 0 bridgehead atoms. The molecule has 1 saturated heterocycles. The Morgan fingerprint density at radius 1 is 1.03 bits per heavy atom. The van der Waals surface area contributed by atoms with E-state index >= 15 is 0 Å². The second kappa shape index (κ2) is 9.06. The molecule has 0 radical (unpaired) electrons. The number of nitrogens with one attached hydrogen (secondary N) is 3. The van der Waals surface area contributed by atoms with Crippen LogP contribution in [0.25, 0.3) is 0 Å².